The lowest BCUT2D eigenvalue weighted by Gasteiger charge is -2.50. The van der Waals surface area contributed by atoms with Crippen LogP contribution in [0.5, 0.6) is 0 Å². The Kier molecular flexibility index (Phi) is 5.60. The van der Waals surface area contributed by atoms with Crippen LogP contribution in [0, 0.1) is 0 Å². The van der Waals surface area contributed by atoms with Crippen molar-refractivity contribution in [1.29, 1.82) is 0 Å². The summed E-state index contributed by atoms with van der Waals surface area (Å²) in [7, 11) is 0. The Morgan fingerprint density at radius 1 is 1.04 bits per heavy atom. The number of rotatable bonds is 5. The van der Waals surface area contributed by atoms with Crippen molar-refractivity contribution in [1.82, 2.24) is 4.90 Å². The molecule has 0 N–H and O–H groups in total. The fourth-order valence-electron chi connectivity index (χ4n) is 4.39. The van der Waals surface area contributed by atoms with Crippen LogP contribution in [0.2, 0.25) is 0 Å². The second kappa shape index (κ2) is 8.29. The molecule has 1 aliphatic rings. The largest absolute Gasteiger partial charge is 0.462 e. The first-order valence-electron chi connectivity index (χ1n) is 9.74. The lowest BCUT2D eigenvalue weighted by Crippen LogP contribution is -2.53. The molecule has 1 aliphatic heterocycles. The highest BCUT2D eigenvalue weighted by Crippen LogP contribution is 2.45. The quantitative estimate of drug-likeness (QED) is 0.559. The zero-order chi connectivity index (χ0) is 19.4. The number of hydrogen-bond acceptors (Lipinski definition) is 4. The molecule has 0 saturated carbocycles. The van der Waals surface area contributed by atoms with E-state index in [0.29, 0.717) is 0 Å². The molecule has 0 radical (unpaired) electrons. The van der Waals surface area contributed by atoms with Gasteiger partial charge in [0, 0.05) is 31.3 Å². The first kappa shape index (κ1) is 18.9. The van der Waals surface area contributed by atoms with Gasteiger partial charge in [-0.05, 0) is 29.0 Å². The molecule has 4 heteroatoms. The van der Waals surface area contributed by atoms with E-state index in [2.05, 4.69) is 83.1 Å². The molecule has 1 aromatic heterocycles. The number of nitrogens with zero attached hydrogens (tertiary/aromatic N) is 1. The molecule has 0 aliphatic carbocycles. The second-order valence-corrected chi connectivity index (χ2v) is 8.35. The highest BCUT2D eigenvalue weighted by molar-refractivity contribution is 7.09. The molecule has 0 spiro atoms. The molecule has 1 saturated heterocycles. The fraction of sp³-hybridized carbons (Fsp3) is 0.292. The Balaban J connectivity index is 1.83. The number of benzene rings is 2. The van der Waals surface area contributed by atoms with Crippen molar-refractivity contribution >= 4 is 17.3 Å². The van der Waals surface area contributed by atoms with Crippen LogP contribution < -0.4 is 0 Å². The van der Waals surface area contributed by atoms with Crippen LogP contribution in [0.15, 0.2) is 78.2 Å². The highest BCUT2D eigenvalue weighted by Gasteiger charge is 2.46. The van der Waals surface area contributed by atoms with Crippen molar-refractivity contribution in [3.63, 3.8) is 0 Å². The number of carbonyl (C=O) groups excluding carboxylic acids is 1. The fourth-order valence-corrected chi connectivity index (χ4v) is 5.11. The molecule has 1 unspecified atom stereocenters. The summed E-state index contributed by atoms with van der Waals surface area (Å²) in [5.74, 6) is -0.202. The van der Waals surface area contributed by atoms with E-state index in [-0.39, 0.29) is 17.6 Å². The zero-order valence-electron chi connectivity index (χ0n) is 16.1. The third-order valence-corrected chi connectivity index (χ3v) is 6.41. The number of likely N-dealkylation sites (tertiary alicyclic amines) is 1. The van der Waals surface area contributed by atoms with Gasteiger partial charge < -0.3 is 4.74 Å². The summed E-state index contributed by atoms with van der Waals surface area (Å²) in [6, 6.07) is 25.6. The number of hydrogen-bond donors (Lipinski definition) is 0. The van der Waals surface area contributed by atoms with E-state index in [1.807, 2.05) is 0 Å². The Hall–Kier alpha value is -2.43. The Morgan fingerprint density at radius 2 is 1.68 bits per heavy atom. The van der Waals surface area contributed by atoms with E-state index >= 15 is 0 Å². The van der Waals surface area contributed by atoms with Crippen molar-refractivity contribution in [3.8, 4) is 0 Å². The van der Waals surface area contributed by atoms with E-state index in [1.165, 1.54) is 22.9 Å². The summed E-state index contributed by atoms with van der Waals surface area (Å²) in [6.45, 7) is 3.26. The van der Waals surface area contributed by atoms with Crippen molar-refractivity contribution in [2.24, 2.45) is 0 Å². The first-order chi connectivity index (χ1) is 13.7. The molecule has 1 fully saturated rings. The van der Waals surface area contributed by atoms with Crippen molar-refractivity contribution in [3.05, 3.63) is 94.2 Å². The van der Waals surface area contributed by atoms with Gasteiger partial charge in [-0.15, -0.1) is 11.3 Å². The SMILES string of the molecule is CC(=O)OC1CCN(Cc2cccs2)C(c2ccccc2)(c2ccccc2)C1. The minimum Gasteiger partial charge on any atom is -0.462 e. The van der Waals surface area contributed by atoms with Crippen LogP contribution in [-0.4, -0.2) is 23.5 Å². The average Bonchev–Trinajstić information content (AvgIpc) is 3.23. The van der Waals surface area contributed by atoms with Crippen LogP contribution >= 0.6 is 11.3 Å². The molecule has 4 rings (SSSR count). The molecule has 1 atom stereocenters. The van der Waals surface area contributed by atoms with E-state index in [0.717, 1.165) is 25.9 Å². The van der Waals surface area contributed by atoms with Gasteiger partial charge in [0.2, 0.25) is 0 Å². The molecule has 0 bridgehead atoms. The van der Waals surface area contributed by atoms with Crippen LogP contribution in [0.4, 0.5) is 0 Å². The summed E-state index contributed by atoms with van der Waals surface area (Å²) in [5.41, 5.74) is 2.16. The van der Waals surface area contributed by atoms with Gasteiger partial charge in [0.25, 0.3) is 0 Å². The number of ether oxygens (including phenoxy) is 1. The van der Waals surface area contributed by atoms with Crippen molar-refractivity contribution < 1.29 is 9.53 Å². The lowest BCUT2D eigenvalue weighted by atomic mass is 9.74. The maximum absolute atomic E-state index is 11.7. The van der Waals surface area contributed by atoms with Crippen LogP contribution in [0.1, 0.15) is 35.8 Å². The summed E-state index contributed by atoms with van der Waals surface area (Å²) in [6.07, 6.45) is 1.52. The third-order valence-electron chi connectivity index (χ3n) is 5.55. The van der Waals surface area contributed by atoms with Gasteiger partial charge in [-0.25, -0.2) is 0 Å². The van der Waals surface area contributed by atoms with Crippen LogP contribution in [-0.2, 0) is 21.6 Å². The minimum atomic E-state index is -0.328. The second-order valence-electron chi connectivity index (χ2n) is 7.32. The zero-order valence-corrected chi connectivity index (χ0v) is 16.9. The standard InChI is InChI=1S/C24H25NO2S/c1-19(26)27-22-14-15-25(18-23-13-8-16-28-23)24(17-22,20-9-4-2-5-10-20)21-11-6-3-7-12-21/h2-13,16,22H,14-15,17-18H2,1H3. The molecule has 3 nitrogen and oxygen atoms in total. The van der Waals surface area contributed by atoms with Gasteiger partial charge >= 0.3 is 5.97 Å². The molecule has 144 valence electrons. The summed E-state index contributed by atoms with van der Waals surface area (Å²) in [5, 5.41) is 2.13. The van der Waals surface area contributed by atoms with Crippen LogP contribution in [0.25, 0.3) is 0 Å². The average molecular weight is 392 g/mol. The van der Waals surface area contributed by atoms with Gasteiger partial charge in [-0.3, -0.25) is 9.69 Å². The molecular formula is C24H25NO2S. The topological polar surface area (TPSA) is 29.5 Å². The number of esters is 1. The Labute approximate surface area is 170 Å². The highest BCUT2D eigenvalue weighted by atomic mass is 32.1. The van der Waals surface area contributed by atoms with Crippen molar-refractivity contribution in [2.75, 3.05) is 6.54 Å². The maximum Gasteiger partial charge on any atom is 0.302 e. The van der Waals surface area contributed by atoms with E-state index in [4.69, 9.17) is 4.74 Å². The first-order valence-corrected chi connectivity index (χ1v) is 10.6. The van der Waals surface area contributed by atoms with Gasteiger partial charge in [0.05, 0.1) is 5.54 Å². The molecule has 3 aromatic rings. The minimum absolute atomic E-state index is 0.0857. The van der Waals surface area contributed by atoms with Gasteiger partial charge in [0.1, 0.15) is 6.10 Å². The predicted octanol–water partition coefficient (Wildman–Crippen LogP) is 5.22. The van der Waals surface area contributed by atoms with Gasteiger partial charge in [-0.1, -0.05) is 66.7 Å². The summed E-state index contributed by atoms with van der Waals surface area (Å²) in [4.78, 5) is 15.6. The summed E-state index contributed by atoms with van der Waals surface area (Å²) >= 11 is 1.79. The Bertz CT molecular complexity index is 853. The lowest BCUT2D eigenvalue weighted by molar-refractivity contribution is -0.151. The van der Waals surface area contributed by atoms with Crippen LogP contribution in [0.3, 0.4) is 0 Å². The number of thiophene rings is 1. The molecule has 28 heavy (non-hydrogen) atoms. The molecule has 2 heterocycles. The monoisotopic (exact) mass is 391 g/mol. The summed E-state index contributed by atoms with van der Waals surface area (Å²) < 4.78 is 5.71. The van der Waals surface area contributed by atoms with E-state index in [1.54, 1.807) is 11.3 Å². The maximum atomic E-state index is 11.7. The number of piperidine rings is 1. The Morgan fingerprint density at radius 3 is 2.21 bits per heavy atom. The van der Waals surface area contributed by atoms with Gasteiger partial charge in [0.15, 0.2) is 0 Å². The third kappa shape index (κ3) is 3.75. The molecule has 2 aromatic carbocycles. The predicted molar refractivity (Wildman–Crippen MR) is 113 cm³/mol. The van der Waals surface area contributed by atoms with Gasteiger partial charge in [-0.2, -0.15) is 0 Å². The van der Waals surface area contributed by atoms with Crippen molar-refractivity contribution in [2.45, 2.75) is 38.0 Å². The molecule has 0 amide bonds. The normalized spacial score (nSPS) is 19.2. The van der Waals surface area contributed by atoms with E-state index < -0.39 is 0 Å². The van der Waals surface area contributed by atoms with E-state index in [9.17, 15) is 4.79 Å². The molecular weight excluding hydrogens is 366 g/mol. The number of carbonyl (C=O) groups is 1. The smallest absolute Gasteiger partial charge is 0.302 e.